The van der Waals surface area contributed by atoms with Gasteiger partial charge in [0.25, 0.3) is 0 Å². The molecule has 0 radical (unpaired) electrons. The van der Waals surface area contributed by atoms with E-state index in [1.165, 1.54) is 0 Å². The largest absolute Gasteiger partial charge is 0.506 e. The first kappa shape index (κ1) is 18.5. The Hall–Kier alpha value is -2.83. The van der Waals surface area contributed by atoms with Gasteiger partial charge in [-0.05, 0) is 36.0 Å². The summed E-state index contributed by atoms with van der Waals surface area (Å²) < 4.78 is 0. The molecule has 0 saturated heterocycles. The lowest BCUT2D eigenvalue weighted by molar-refractivity contribution is -0.117. The summed E-state index contributed by atoms with van der Waals surface area (Å²) in [6, 6.07) is 2.12. The van der Waals surface area contributed by atoms with Crippen molar-refractivity contribution in [3.63, 3.8) is 0 Å². The molecule has 1 aromatic carbocycles. The molecule has 2 rings (SSSR count). The summed E-state index contributed by atoms with van der Waals surface area (Å²) in [4.78, 5) is 35.0. The predicted molar refractivity (Wildman–Crippen MR) is 90.7 cm³/mol. The third kappa shape index (κ3) is 4.37. The van der Waals surface area contributed by atoms with Crippen LogP contribution in [0, 0.1) is 5.41 Å². The number of Topliss-reactive ketones (excluding diaryl/α,β-unsaturated/α-hetero) is 1. The zero-order valence-electron chi connectivity index (χ0n) is 14.1. The maximum Gasteiger partial charge on any atom is 0.339 e. The topological polar surface area (TPSA) is 124 Å². The van der Waals surface area contributed by atoms with E-state index in [4.69, 9.17) is 5.11 Å². The fourth-order valence-corrected chi connectivity index (χ4v) is 2.76. The molecule has 0 unspecified atom stereocenters. The van der Waals surface area contributed by atoms with Crippen molar-refractivity contribution in [2.75, 3.05) is 5.32 Å². The first-order chi connectivity index (χ1) is 11.6. The van der Waals surface area contributed by atoms with E-state index in [1.54, 1.807) is 0 Å². The number of anilines is 1. The normalized spacial score (nSPS) is 16.2. The fraction of sp³-hybridized carbons (Fsp3) is 0.389. The number of amides is 1. The summed E-state index contributed by atoms with van der Waals surface area (Å²) in [6.07, 6.45) is 3.32. The lowest BCUT2D eigenvalue weighted by Gasteiger charge is -2.26. The van der Waals surface area contributed by atoms with Crippen LogP contribution in [0.2, 0.25) is 0 Å². The Balaban J connectivity index is 2.09. The first-order valence-electron chi connectivity index (χ1n) is 7.94. The van der Waals surface area contributed by atoms with Crippen molar-refractivity contribution in [3.05, 3.63) is 29.3 Å². The van der Waals surface area contributed by atoms with Crippen molar-refractivity contribution in [2.45, 2.75) is 39.5 Å². The maximum atomic E-state index is 12.1. The number of phenols is 2. The Morgan fingerprint density at radius 2 is 1.92 bits per heavy atom. The molecule has 0 spiro atoms. The van der Waals surface area contributed by atoms with Gasteiger partial charge < -0.3 is 20.6 Å². The second kappa shape index (κ2) is 6.96. The van der Waals surface area contributed by atoms with Crippen LogP contribution >= 0.6 is 0 Å². The molecule has 7 nitrogen and oxygen atoms in total. The van der Waals surface area contributed by atoms with Crippen LogP contribution in [0.15, 0.2) is 23.8 Å². The second-order valence-corrected chi connectivity index (χ2v) is 6.79. The molecule has 0 heterocycles. The summed E-state index contributed by atoms with van der Waals surface area (Å²) in [5, 5.41) is 30.9. The van der Waals surface area contributed by atoms with Crippen molar-refractivity contribution >= 4 is 23.3 Å². The predicted octanol–water partition coefficient (Wildman–Crippen LogP) is 2.83. The van der Waals surface area contributed by atoms with Gasteiger partial charge in [0.1, 0.15) is 17.0 Å². The molecule has 0 aliphatic heterocycles. The Labute approximate surface area is 145 Å². The number of carboxylic acids is 1. The molecule has 134 valence electrons. The third-order valence-corrected chi connectivity index (χ3v) is 4.19. The van der Waals surface area contributed by atoms with Crippen LogP contribution in [-0.2, 0) is 9.59 Å². The Bertz CT molecular complexity index is 763. The minimum Gasteiger partial charge on any atom is -0.506 e. The van der Waals surface area contributed by atoms with Gasteiger partial charge in [-0.2, -0.15) is 0 Å². The molecule has 0 atom stereocenters. The molecular weight excluding hydrogens is 326 g/mol. The Morgan fingerprint density at radius 3 is 2.56 bits per heavy atom. The number of phenolic OH excluding ortho intramolecular Hbond substituents is 1. The van der Waals surface area contributed by atoms with Gasteiger partial charge in [-0.15, -0.1) is 0 Å². The average Bonchev–Trinajstić information content (AvgIpc) is 2.52. The molecule has 0 saturated carbocycles. The number of carbonyl (C=O) groups excluding carboxylic acids is 2. The Morgan fingerprint density at radius 1 is 1.24 bits per heavy atom. The zero-order chi connectivity index (χ0) is 18.8. The minimum absolute atomic E-state index is 0.0192. The van der Waals surface area contributed by atoms with Gasteiger partial charge in [0.15, 0.2) is 11.5 Å². The maximum absolute atomic E-state index is 12.1. The summed E-state index contributed by atoms with van der Waals surface area (Å²) in [5.41, 5.74) is -0.278. The van der Waals surface area contributed by atoms with Crippen LogP contribution in [0.3, 0.4) is 0 Å². The number of hydrogen-bond donors (Lipinski definition) is 4. The molecular formula is C18H21NO6. The summed E-state index contributed by atoms with van der Waals surface area (Å²) >= 11 is 0. The van der Waals surface area contributed by atoms with Gasteiger partial charge in [-0.1, -0.05) is 19.9 Å². The van der Waals surface area contributed by atoms with Gasteiger partial charge in [0, 0.05) is 12.8 Å². The van der Waals surface area contributed by atoms with E-state index in [1.807, 2.05) is 19.9 Å². The molecule has 1 aromatic rings. The van der Waals surface area contributed by atoms with Crippen molar-refractivity contribution < 1.29 is 29.7 Å². The first-order valence-corrected chi connectivity index (χ1v) is 7.94. The SMILES string of the molecule is CC1(C)C=C(CCC(=O)Nc2c(O)ccc(C(=O)O)c2O)C(=O)CC1. The van der Waals surface area contributed by atoms with Crippen LogP contribution < -0.4 is 5.32 Å². The van der Waals surface area contributed by atoms with E-state index < -0.39 is 28.9 Å². The van der Waals surface area contributed by atoms with Crippen molar-refractivity contribution in [1.82, 2.24) is 0 Å². The highest BCUT2D eigenvalue weighted by molar-refractivity contribution is 6.01. The number of rotatable bonds is 5. The highest BCUT2D eigenvalue weighted by Gasteiger charge is 2.26. The van der Waals surface area contributed by atoms with E-state index >= 15 is 0 Å². The van der Waals surface area contributed by atoms with E-state index in [0.717, 1.165) is 18.6 Å². The van der Waals surface area contributed by atoms with Crippen LogP contribution in [0.4, 0.5) is 5.69 Å². The zero-order valence-corrected chi connectivity index (χ0v) is 14.1. The molecule has 0 aromatic heterocycles. The van der Waals surface area contributed by atoms with Crippen molar-refractivity contribution in [2.24, 2.45) is 5.41 Å². The van der Waals surface area contributed by atoms with Crippen molar-refractivity contribution in [1.29, 1.82) is 0 Å². The lowest BCUT2D eigenvalue weighted by atomic mass is 9.78. The van der Waals surface area contributed by atoms with E-state index in [-0.39, 0.29) is 29.7 Å². The Kier molecular flexibility index (Phi) is 5.15. The summed E-state index contributed by atoms with van der Waals surface area (Å²) in [5.74, 6) is -3.05. The average molecular weight is 347 g/mol. The molecule has 1 amide bonds. The number of nitrogens with one attached hydrogen (secondary N) is 1. The number of hydrogen-bond acceptors (Lipinski definition) is 5. The molecule has 1 aliphatic rings. The van der Waals surface area contributed by atoms with E-state index in [0.29, 0.717) is 12.0 Å². The highest BCUT2D eigenvalue weighted by atomic mass is 16.4. The van der Waals surface area contributed by atoms with Crippen LogP contribution in [0.1, 0.15) is 49.9 Å². The van der Waals surface area contributed by atoms with Gasteiger partial charge in [-0.25, -0.2) is 4.79 Å². The minimum atomic E-state index is -1.38. The number of aromatic carboxylic acids is 1. The third-order valence-electron chi connectivity index (χ3n) is 4.19. The number of benzene rings is 1. The molecule has 1 aliphatic carbocycles. The van der Waals surface area contributed by atoms with Gasteiger partial charge in [-0.3, -0.25) is 9.59 Å². The lowest BCUT2D eigenvalue weighted by Crippen LogP contribution is -2.21. The fourth-order valence-electron chi connectivity index (χ4n) is 2.76. The van der Waals surface area contributed by atoms with Gasteiger partial charge in [0.05, 0.1) is 0 Å². The molecule has 0 bridgehead atoms. The smallest absolute Gasteiger partial charge is 0.339 e. The molecule has 0 fully saturated rings. The van der Waals surface area contributed by atoms with E-state index in [2.05, 4.69) is 5.32 Å². The molecule has 4 N–H and O–H groups in total. The molecule has 25 heavy (non-hydrogen) atoms. The highest BCUT2D eigenvalue weighted by Crippen LogP contribution is 2.36. The molecule has 7 heteroatoms. The number of carbonyl (C=O) groups is 3. The van der Waals surface area contributed by atoms with Gasteiger partial charge in [0.2, 0.25) is 5.91 Å². The van der Waals surface area contributed by atoms with Crippen molar-refractivity contribution in [3.8, 4) is 11.5 Å². The second-order valence-electron chi connectivity index (χ2n) is 6.79. The van der Waals surface area contributed by atoms with E-state index in [9.17, 15) is 24.6 Å². The standard InChI is InChI=1S/C18H21NO6/c1-18(2)8-7-12(20)10(9-18)3-6-14(22)19-15-13(21)5-4-11(16(15)23)17(24)25/h4-5,9,21,23H,3,6-8H2,1-2H3,(H,19,22)(H,24,25). The van der Waals surface area contributed by atoms with Crippen LogP contribution in [0.25, 0.3) is 0 Å². The monoisotopic (exact) mass is 347 g/mol. The van der Waals surface area contributed by atoms with Crippen LogP contribution in [0.5, 0.6) is 11.5 Å². The number of carboxylic acid groups (broad SMARTS) is 1. The van der Waals surface area contributed by atoms with Gasteiger partial charge >= 0.3 is 5.97 Å². The quantitative estimate of drug-likeness (QED) is 0.607. The summed E-state index contributed by atoms with van der Waals surface area (Å²) in [7, 11) is 0. The summed E-state index contributed by atoms with van der Waals surface area (Å²) in [6.45, 7) is 4.04. The van der Waals surface area contributed by atoms with Crippen LogP contribution in [-0.4, -0.2) is 33.0 Å². The number of ketones is 1. The number of allylic oxidation sites excluding steroid dienone is 2. The number of aromatic hydroxyl groups is 2.